The van der Waals surface area contributed by atoms with Crippen molar-refractivity contribution in [2.45, 2.75) is 26.4 Å². The van der Waals surface area contributed by atoms with E-state index >= 15 is 0 Å². The van der Waals surface area contributed by atoms with Gasteiger partial charge in [-0.05, 0) is 49.2 Å². The molecule has 0 unspecified atom stereocenters. The Hall–Kier alpha value is -3.47. The number of carbonyl (C=O) groups is 1. The van der Waals surface area contributed by atoms with E-state index in [-0.39, 0.29) is 17.8 Å². The van der Waals surface area contributed by atoms with Gasteiger partial charge in [-0.2, -0.15) is 5.10 Å². The van der Waals surface area contributed by atoms with E-state index < -0.39 is 0 Å². The van der Waals surface area contributed by atoms with Gasteiger partial charge in [-0.15, -0.1) is 0 Å². The molecular weight excluding hydrogens is 365 g/mol. The summed E-state index contributed by atoms with van der Waals surface area (Å²) in [6.07, 6.45) is 1.81. The molecule has 0 bridgehead atoms. The van der Waals surface area contributed by atoms with Crippen molar-refractivity contribution in [1.29, 1.82) is 0 Å². The zero-order valence-corrected chi connectivity index (χ0v) is 16.4. The normalized spacial score (nSPS) is 12.1. The Bertz CT molecular complexity index is 1150. The molecule has 146 valence electrons. The van der Waals surface area contributed by atoms with Crippen LogP contribution in [0.25, 0.3) is 10.9 Å². The molecule has 3 aromatic carbocycles. The molecule has 29 heavy (non-hydrogen) atoms. The number of carbonyl (C=O) groups excluding carboxylic acids is 1. The maximum atomic E-state index is 13.1. The van der Waals surface area contributed by atoms with Gasteiger partial charge < -0.3 is 5.32 Å². The summed E-state index contributed by atoms with van der Waals surface area (Å²) in [6.45, 7) is 4.58. The maximum absolute atomic E-state index is 13.1. The highest BCUT2D eigenvalue weighted by atomic mass is 19.1. The van der Waals surface area contributed by atoms with Crippen LogP contribution in [0.2, 0.25) is 0 Å². The van der Waals surface area contributed by atoms with E-state index in [1.54, 1.807) is 18.2 Å². The molecule has 0 saturated heterocycles. The Balaban J connectivity index is 1.55. The van der Waals surface area contributed by atoms with E-state index in [0.717, 1.165) is 22.0 Å². The van der Waals surface area contributed by atoms with Gasteiger partial charge in [0, 0.05) is 10.9 Å². The molecule has 0 spiro atoms. The molecule has 0 radical (unpaired) electrons. The highest BCUT2D eigenvalue weighted by Crippen LogP contribution is 2.19. The second-order valence-corrected chi connectivity index (χ2v) is 7.31. The van der Waals surface area contributed by atoms with Crippen LogP contribution >= 0.6 is 0 Å². The highest BCUT2D eigenvalue weighted by Gasteiger charge is 2.13. The number of rotatable bonds is 5. The fourth-order valence-electron chi connectivity index (χ4n) is 3.32. The number of amides is 1. The van der Waals surface area contributed by atoms with Crippen LogP contribution in [0.15, 0.2) is 72.9 Å². The number of hydrogen-bond acceptors (Lipinski definition) is 2. The van der Waals surface area contributed by atoms with Crippen molar-refractivity contribution in [3.05, 3.63) is 101 Å². The Morgan fingerprint density at radius 3 is 2.52 bits per heavy atom. The number of nitrogens with one attached hydrogen (secondary N) is 1. The number of fused-ring (bicyclic) bond motifs is 1. The van der Waals surface area contributed by atoms with E-state index in [4.69, 9.17) is 0 Å². The predicted molar refractivity (Wildman–Crippen MR) is 112 cm³/mol. The summed E-state index contributed by atoms with van der Waals surface area (Å²) < 4.78 is 15.0. The van der Waals surface area contributed by atoms with Gasteiger partial charge in [0.1, 0.15) is 5.82 Å². The lowest BCUT2D eigenvalue weighted by atomic mass is 10.1. The van der Waals surface area contributed by atoms with Gasteiger partial charge in [0.05, 0.1) is 24.3 Å². The molecule has 0 aliphatic carbocycles. The van der Waals surface area contributed by atoms with Crippen LogP contribution in [-0.4, -0.2) is 15.7 Å². The lowest BCUT2D eigenvalue weighted by molar-refractivity contribution is 0.0940. The zero-order valence-electron chi connectivity index (χ0n) is 16.4. The zero-order chi connectivity index (χ0) is 20.4. The fourth-order valence-corrected chi connectivity index (χ4v) is 3.32. The molecule has 5 heteroatoms. The average molecular weight is 387 g/mol. The Morgan fingerprint density at radius 2 is 1.79 bits per heavy atom. The fraction of sp³-hybridized carbons (Fsp3) is 0.167. The van der Waals surface area contributed by atoms with Crippen LogP contribution in [0, 0.1) is 12.7 Å². The van der Waals surface area contributed by atoms with E-state index in [1.807, 2.05) is 29.9 Å². The van der Waals surface area contributed by atoms with Crippen LogP contribution < -0.4 is 5.32 Å². The lowest BCUT2D eigenvalue weighted by Gasteiger charge is -2.14. The smallest absolute Gasteiger partial charge is 0.251 e. The summed E-state index contributed by atoms with van der Waals surface area (Å²) in [7, 11) is 0. The van der Waals surface area contributed by atoms with Crippen LogP contribution in [0.5, 0.6) is 0 Å². The number of aryl methyl sites for hydroxylation is 1. The van der Waals surface area contributed by atoms with Gasteiger partial charge in [-0.25, -0.2) is 4.39 Å². The van der Waals surface area contributed by atoms with Crippen molar-refractivity contribution in [3.63, 3.8) is 0 Å². The van der Waals surface area contributed by atoms with Crippen molar-refractivity contribution in [1.82, 2.24) is 15.1 Å². The standard InChI is InChI=1S/C24H22FN3O/c1-16-3-5-18(6-4-16)15-28-23-13-20(7-8-21(23)14-26-28)24(29)27-17(2)19-9-11-22(25)12-10-19/h3-14,17H,15H2,1-2H3,(H,27,29)/t17-/m0/s1. The van der Waals surface area contributed by atoms with Crippen molar-refractivity contribution in [3.8, 4) is 0 Å². The Labute approximate surface area is 169 Å². The van der Waals surface area contributed by atoms with Gasteiger partial charge in [-0.3, -0.25) is 9.48 Å². The summed E-state index contributed by atoms with van der Waals surface area (Å²) in [5, 5.41) is 8.44. The Morgan fingerprint density at radius 1 is 1.07 bits per heavy atom. The minimum absolute atomic E-state index is 0.174. The maximum Gasteiger partial charge on any atom is 0.251 e. The van der Waals surface area contributed by atoms with E-state index in [2.05, 4.69) is 41.6 Å². The van der Waals surface area contributed by atoms with E-state index in [0.29, 0.717) is 12.1 Å². The number of hydrogen-bond donors (Lipinski definition) is 1. The van der Waals surface area contributed by atoms with Crippen LogP contribution in [-0.2, 0) is 6.54 Å². The van der Waals surface area contributed by atoms with Crippen LogP contribution in [0.3, 0.4) is 0 Å². The first-order valence-corrected chi connectivity index (χ1v) is 9.57. The largest absolute Gasteiger partial charge is 0.346 e. The Kier molecular flexibility index (Phi) is 5.12. The molecule has 4 nitrogen and oxygen atoms in total. The molecular formula is C24H22FN3O. The number of benzene rings is 3. The number of aromatic nitrogens is 2. The van der Waals surface area contributed by atoms with Gasteiger partial charge >= 0.3 is 0 Å². The van der Waals surface area contributed by atoms with Crippen LogP contribution in [0.4, 0.5) is 4.39 Å². The molecule has 1 heterocycles. The highest BCUT2D eigenvalue weighted by molar-refractivity contribution is 5.98. The average Bonchev–Trinajstić information content (AvgIpc) is 3.12. The molecule has 1 atom stereocenters. The summed E-state index contributed by atoms with van der Waals surface area (Å²) in [5.74, 6) is -0.466. The third-order valence-electron chi connectivity index (χ3n) is 5.08. The molecule has 0 fully saturated rings. The quantitative estimate of drug-likeness (QED) is 0.522. The molecule has 0 aliphatic rings. The molecule has 1 amide bonds. The second kappa shape index (κ2) is 7.87. The first kappa shape index (κ1) is 18.9. The lowest BCUT2D eigenvalue weighted by Crippen LogP contribution is -2.26. The first-order valence-electron chi connectivity index (χ1n) is 9.57. The molecule has 1 aromatic heterocycles. The van der Waals surface area contributed by atoms with Crippen molar-refractivity contribution in [2.24, 2.45) is 0 Å². The summed E-state index contributed by atoms with van der Waals surface area (Å²) in [6, 6.07) is 19.8. The predicted octanol–water partition coefficient (Wildman–Crippen LogP) is 5.02. The molecule has 0 saturated carbocycles. The molecule has 4 rings (SSSR count). The summed E-state index contributed by atoms with van der Waals surface area (Å²) in [5.41, 5.74) is 4.70. The third kappa shape index (κ3) is 4.19. The second-order valence-electron chi connectivity index (χ2n) is 7.31. The molecule has 1 N–H and O–H groups in total. The minimum atomic E-state index is -0.292. The SMILES string of the molecule is Cc1ccc(Cn2ncc3ccc(C(=O)N[C@@H](C)c4ccc(F)cc4)cc32)cc1. The first-order chi connectivity index (χ1) is 14.0. The van der Waals surface area contributed by atoms with E-state index in [9.17, 15) is 9.18 Å². The minimum Gasteiger partial charge on any atom is -0.346 e. The van der Waals surface area contributed by atoms with Crippen LogP contribution in [0.1, 0.15) is 40.0 Å². The molecule has 0 aliphatic heterocycles. The van der Waals surface area contributed by atoms with Gasteiger partial charge in [0.25, 0.3) is 5.91 Å². The molecule has 4 aromatic rings. The van der Waals surface area contributed by atoms with Crippen molar-refractivity contribution in [2.75, 3.05) is 0 Å². The van der Waals surface area contributed by atoms with E-state index in [1.165, 1.54) is 17.7 Å². The number of halogens is 1. The van der Waals surface area contributed by atoms with Crippen molar-refractivity contribution >= 4 is 16.8 Å². The summed E-state index contributed by atoms with van der Waals surface area (Å²) in [4.78, 5) is 12.8. The summed E-state index contributed by atoms with van der Waals surface area (Å²) >= 11 is 0. The van der Waals surface area contributed by atoms with Gasteiger partial charge in [0.2, 0.25) is 0 Å². The monoisotopic (exact) mass is 387 g/mol. The van der Waals surface area contributed by atoms with Gasteiger partial charge in [0.15, 0.2) is 0 Å². The topological polar surface area (TPSA) is 46.9 Å². The third-order valence-corrected chi connectivity index (χ3v) is 5.08. The van der Waals surface area contributed by atoms with Gasteiger partial charge in [-0.1, -0.05) is 48.0 Å². The van der Waals surface area contributed by atoms with Crippen molar-refractivity contribution < 1.29 is 9.18 Å². The number of nitrogens with zero attached hydrogens (tertiary/aromatic N) is 2.